The summed E-state index contributed by atoms with van der Waals surface area (Å²) in [6, 6.07) is 4.08. The topological polar surface area (TPSA) is 110 Å². The maximum Gasteiger partial charge on any atom is 0.293 e. The van der Waals surface area contributed by atoms with E-state index in [1.165, 1.54) is 16.4 Å². The van der Waals surface area contributed by atoms with Crippen LogP contribution in [0.25, 0.3) is 0 Å². The largest absolute Gasteiger partial charge is 0.375 e. The summed E-state index contributed by atoms with van der Waals surface area (Å²) in [5.74, 6) is 0. The third-order valence-corrected chi connectivity index (χ3v) is 7.38. The van der Waals surface area contributed by atoms with E-state index < -0.39 is 14.9 Å². The van der Waals surface area contributed by atoms with Gasteiger partial charge in [0.15, 0.2) is 0 Å². The summed E-state index contributed by atoms with van der Waals surface area (Å²) in [5.41, 5.74) is 2.81. The van der Waals surface area contributed by atoms with Crippen LogP contribution in [0, 0.1) is 24.0 Å². The minimum absolute atomic E-state index is 0.0367. The molecule has 1 aromatic carbocycles. The van der Waals surface area contributed by atoms with Crippen LogP contribution in [0.2, 0.25) is 0 Å². The molecule has 0 bridgehead atoms. The molecule has 1 aliphatic heterocycles. The molecule has 1 N–H and O–H groups in total. The Labute approximate surface area is 170 Å². The maximum absolute atomic E-state index is 13.0. The van der Waals surface area contributed by atoms with Crippen molar-refractivity contribution >= 4 is 21.4 Å². The summed E-state index contributed by atoms with van der Waals surface area (Å²) < 4.78 is 29.1. The van der Waals surface area contributed by atoms with Gasteiger partial charge in [-0.3, -0.25) is 14.8 Å². The van der Waals surface area contributed by atoms with Gasteiger partial charge in [0.1, 0.15) is 5.69 Å². The van der Waals surface area contributed by atoms with Gasteiger partial charge in [-0.15, -0.1) is 0 Å². The zero-order valence-corrected chi connectivity index (χ0v) is 17.8. The number of hydrogen-bond acceptors (Lipinski definition) is 6. The van der Waals surface area contributed by atoms with Gasteiger partial charge in [-0.05, 0) is 38.8 Å². The molecule has 0 amide bonds. The fourth-order valence-electron chi connectivity index (χ4n) is 3.66. The second-order valence-electron chi connectivity index (χ2n) is 7.38. The van der Waals surface area contributed by atoms with Gasteiger partial charge in [-0.1, -0.05) is 12.8 Å². The lowest BCUT2D eigenvalue weighted by atomic mass is 10.2. The molecule has 1 fully saturated rings. The van der Waals surface area contributed by atoms with E-state index in [-0.39, 0.29) is 16.3 Å². The molecule has 0 radical (unpaired) electrons. The quantitative estimate of drug-likeness (QED) is 0.567. The second kappa shape index (κ2) is 8.50. The summed E-state index contributed by atoms with van der Waals surface area (Å²) in [7, 11) is -1.90. The van der Waals surface area contributed by atoms with Crippen LogP contribution in [0.5, 0.6) is 0 Å². The van der Waals surface area contributed by atoms with Crippen molar-refractivity contribution in [2.45, 2.75) is 51.0 Å². The molecule has 3 rings (SSSR count). The minimum atomic E-state index is -3.75. The van der Waals surface area contributed by atoms with Crippen molar-refractivity contribution in [2.24, 2.45) is 7.05 Å². The van der Waals surface area contributed by atoms with Crippen molar-refractivity contribution in [3.63, 3.8) is 0 Å². The second-order valence-corrected chi connectivity index (χ2v) is 9.32. The van der Waals surface area contributed by atoms with Crippen molar-refractivity contribution < 1.29 is 13.3 Å². The van der Waals surface area contributed by atoms with Crippen LogP contribution in [0.3, 0.4) is 0 Å². The molecule has 1 aliphatic rings. The Hall–Kier alpha value is -2.46. The number of hydrogen-bond donors (Lipinski definition) is 1. The number of aromatic nitrogens is 2. The molecule has 9 nitrogen and oxygen atoms in total. The van der Waals surface area contributed by atoms with E-state index in [4.69, 9.17) is 0 Å². The average molecular weight is 422 g/mol. The average Bonchev–Trinajstić information content (AvgIpc) is 2.89. The molecule has 1 saturated heterocycles. The number of rotatable bonds is 6. The molecule has 0 unspecified atom stereocenters. The Morgan fingerprint density at radius 2 is 1.83 bits per heavy atom. The van der Waals surface area contributed by atoms with Gasteiger partial charge in [0.05, 0.1) is 15.5 Å². The zero-order chi connectivity index (χ0) is 21.2. The van der Waals surface area contributed by atoms with Crippen molar-refractivity contribution in [2.75, 3.05) is 18.4 Å². The van der Waals surface area contributed by atoms with Gasteiger partial charge in [0.2, 0.25) is 10.0 Å². The van der Waals surface area contributed by atoms with Crippen molar-refractivity contribution in [3.05, 3.63) is 45.3 Å². The van der Waals surface area contributed by atoms with Gasteiger partial charge in [0.25, 0.3) is 5.69 Å². The lowest BCUT2D eigenvalue weighted by Gasteiger charge is -2.20. The van der Waals surface area contributed by atoms with Crippen molar-refractivity contribution in [3.8, 4) is 0 Å². The number of nitrogens with one attached hydrogen (secondary N) is 1. The summed E-state index contributed by atoms with van der Waals surface area (Å²) >= 11 is 0. The fraction of sp³-hybridized carbons (Fsp3) is 0.526. The number of benzene rings is 1. The summed E-state index contributed by atoms with van der Waals surface area (Å²) in [5, 5.41) is 19.0. The molecular weight excluding hydrogens is 394 g/mol. The van der Waals surface area contributed by atoms with E-state index >= 15 is 0 Å². The predicted octanol–water partition coefficient (Wildman–Crippen LogP) is 3.12. The Morgan fingerprint density at radius 3 is 2.38 bits per heavy atom. The maximum atomic E-state index is 13.0. The first-order valence-corrected chi connectivity index (χ1v) is 11.2. The Morgan fingerprint density at radius 1 is 1.17 bits per heavy atom. The van der Waals surface area contributed by atoms with Crippen LogP contribution in [0.1, 0.15) is 42.6 Å². The molecule has 10 heteroatoms. The molecule has 2 aromatic rings. The Bertz CT molecular complexity index is 1010. The SMILES string of the molecule is Cc1nn(C)c(C)c1CNc1ccc(S(=O)(=O)N2CCCCCC2)cc1[N+](=O)[O-]. The van der Waals surface area contributed by atoms with E-state index in [9.17, 15) is 18.5 Å². The number of nitro groups is 1. The third kappa shape index (κ3) is 4.43. The first-order chi connectivity index (χ1) is 13.7. The van der Waals surface area contributed by atoms with Crippen LogP contribution in [-0.4, -0.2) is 40.5 Å². The predicted molar refractivity (Wildman–Crippen MR) is 110 cm³/mol. The highest BCUT2D eigenvalue weighted by atomic mass is 32.2. The molecule has 0 spiro atoms. The highest BCUT2D eigenvalue weighted by molar-refractivity contribution is 7.89. The molecule has 0 aliphatic carbocycles. The van der Waals surface area contributed by atoms with Crippen molar-refractivity contribution in [1.29, 1.82) is 0 Å². The monoisotopic (exact) mass is 421 g/mol. The summed E-state index contributed by atoms with van der Waals surface area (Å²) in [6.07, 6.45) is 3.62. The number of aryl methyl sites for hydroxylation is 2. The molecule has 1 aromatic heterocycles. The molecule has 29 heavy (non-hydrogen) atoms. The highest BCUT2D eigenvalue weighted by Gasteiger charge is 2.28. The van der Waals surface area contributed by atoms with E-state index in [1.54, 1.807) is 4.68 Å². The summed E-state index contributed by atoms with van der Waals surface area (Å²) in [6.45, 7) is 5.09. The Balaban J connectivity index is 1.88. The van der Waals surface area contributed by atoms with Crippen LogP contribution in [0.4, 0.5) is 11.4 Å². The molecule has 158 valence electrons. The lowest BCUT2D eigenvalue weighted by molar-refractivity contribution is -0.384. The van der Waals surface area contributed by atoms with Crippen LogP contribution in [-0.2, 0) is 23.6 Å². The van der Waals surface area contributed by atoms with Crippen LogP contribution >= 0.6 is 0 Å². The first kappa shape index (κ1) is 21.3. The van der Waals surface area contributed by atoms with E-state index in [2.05, 4.69) is 10.4 Å². The van der Waals surface area contributed by atoms with E-state index in [1.807, 2.05) is 20.9 Å². The Kier molecular flexibility index (Phi) is 6.23. The smallest absolute Gasteiger partial charge is 0.293 e. The number of nitro benzene ring substituents is 1. The van der Waals surface area contributed by atoms with Crippen molar-refractivity contribution in [1.82, 2.24) is 14.1 Å². The first-order valence-electron chi connectivity index (χ1n) is 9.73. The van der Waals surface area contributed by atoms with Gasteiger partial charge < -0.3 is 5.32 Å². The minimum Gasteiger partial charge on any atom is -0.375 e. The van der Waals surface area contributed by atoms with E-state index in [0.717, 1.165) is 48.7 Å². The molecular formula is C19H27N5O4S. The van der Waals surface area contributed by atoms with Gasteiger partial charge >= 0.3 is 0 Å². The van der Waals surface area contributed by atoms with Crippen LogP contribution in [0.15, 0.2) is 23.1 Å². The summed E-state index contributed by atoms with van der Waals surface area (Å²) in [4.78, 5) is 11.0. The van der Waals surface area contributed by atoms with E-state index in [0.29, 0.717) is 19.6 Å². The number of anilines is 1. The number of sulfonamides is 1. The van der Waals surface area contributed by atoms with Gasteiger partial charge in [-0.2, -0.15) is 9.40 Å². The third-order valence-electron chi connectivity index (χ3n) is 5.48. The molecule has 0 atom stereocenters. The molecule has 0 saturated carbocycles. The van der Waals surface area contributed by atoms with Crippen LogP contribution < -0.4 is 5.32 Å². The van der Waals surface area contributed by atoms with Gasteiger partial charge in [0, 0.05) is 44.0 Å². The normalized spacial score (nSPS) is 15.8. The molecule has 2 heterocycles. The zero-order valence-electron chi connectivity index (χ0n) is 17.0. The number of nitrogens with zero attached hydrogens (tertiary/aromatic N) is 4. The fourth-order valence-corrected chi connectivity index (χ4v) is 5.20. The standard InChI is InChI=1S/C19H27N5O4S/c1-14-17(15(2)22(3)21-14)13-20-18-9-8-16(12-19(18)24(25)26)29(27,28)23-10-6-4-5-7-11-23/h8-9,12,20H,4-7,10-11,13H2,1-3H3. The lowest BCUT2D eigenvalue weighted by Crippen LogP contribution is -2.32. The van der Waals surface area contributed by atoms with Gasteiger partial charge in [-0.25, -0.2) is 8.42 Å². The highest BCUT2D eigenvalue weighted by Crippen LogP contribution is 2.30.